The largest absolute Gasteiger partial charge is 0.497 e. The van der Waals surface area contributed by atoms with Crippen LogP contribution < -0.4 is 25.4 Å². The van der Waals surface area contributed by atoms with Gasteiger partial charge in [0.15, 0.2) is 0 Å². The molecule has 2 aromatic rings. The second kappa shape index (κ2) is 12.0. The lowest BCUT2D eigenvalue weighted by molar-refractivity contribution is -0.128. The Kier molecular flexibility index (Phi) is 8.88. The average molecular weight is 487 g/mol. The van der Waals surface area contributed by atoms with Gasteiger partial charge in [0.25, 0.3) is 0 Å². The summed E-state index contributed by atoms with van der Waals surface area (Å²) in [5.74, 6) is 0.0429. The number of halogens is 1. The number of para-hydroxylation sites is 1. The Hall–Kier alpha value is -3.82. The van der Waals surface area contributed by atoms with E-state index in [0.29, 0.717) is 37.4 Å². The first-order chi connectivity index (χ1) is 16.8. The summed E-state index contributed by atoms with van der Waals surface area (Å²) in [5, 5.41) is 8.27. The minimum Gasteiger partial charge on any atom is -0.497 e. The molecule has 3 N–H and O–H groups in total. The number of ether oxygens (including phenoxy) is 2. The SMILES string of the molecule is COc1cc(C[C@@H](NC(C)=O)C(=O)NC2CCN(C(=O)Nc3ccccc3F)CC2)cc(OC)c1. The predicted octanol–water partition coefficient (Wildman–Crippen LogP) is 2.70. The van der Waals surface area contributed by atoms with Crippen molar-refractivity contribution in [3.8, 4) is 11.5 Å². The predicted molar refractivity (Wildman–Crippen MR) is 129 cm³/mol. The van der Waals surface area contributed by atoms with Crippen LogP contribution in [0.3, 0.4) is 0 Å². The molecule has 1 fully saturated rings. The second-order valence-corrected chi connectivity index (χ2v) is 8.36. The van der Waals surface area contributed by atoms with Gasteiger partial charge in [-0.15, -0.1) is 0 Å². The lowest BCUT2D eigenvalue weighted by atomic mass is 10.0. The number of rotatable bonds is 8. The Labute approximate surface area is 204 Å². The van der Waals surface area contributed by atoms with E-state index in [2.05, 4.69) is 16.0 Å². The minimum atomic E-state index is -0.785. The van der Waals surface area contributed by atoms with Crippen LogP contribution in [0.2, 0.25) is 0 Å². The molecule has 1 heterocycles. The van der Waals surface area contributed by atoms with Crippen LogP contribution in [0.15, 0.2) is 42.5 Å². The van der Waals surface area contributed by atoms with Gasteiger partial charge in [-0.25, -0.2) is 9.18 Å². The van der Waals surface area contributed by atoms with Gasteiger partial charge in [-0.05, 0) is 42.7 Å². The molecule has 1 aliphatic heterocycles. The second-order valence-electron chi connectivity index (χ2n) is 8.36. The number of nitrogens with zero attached hydrogens (tertiary/aromatic N) is 1. The van der Waals surface area contributed by atoms with Crippen molar-refractivity contribution < 1.29 is 28.2 Å². The molecule has 188 valence electrons. The van der Waals surface area contributed by atoms with Gasteiger partial charge in [0.1, 0.15) is 23.4 Å². The van der Waals surface area contributed by atoms with Crippen LogP contribution in [-0.2, 0) is 16.0 Å². The Bertz CT molecular complexity index is 1030. The van der Waals surface area contributed by atoms with Crippen molar-refractivity contribution in [2.45, 2.75) is 38.3 Å². The van der Waals surface area contributed by atoms with Gasteiger partial charge in [-0.2, -0.15) is 0 Å². The number of piperidine rings is 1. The number of carbonyl (C=O) groups is 3. The lowest BCUT2D eigenvalue weighted by Crippen LogP contribution is -2.53. The third kappa shape index (κ3) is 7.33. The molecule has 0 unspecified atom stereocenters. The van der Waals surface area contributed by atoms with Gasteiger partial charge in [-0.3, -0.25) is 9.59 Å². The maximum atomic E-state index is 13.8. The first-order valence-electron chi connectivity index (χ1n) is 11.4. The molecule has 1 saturated heterocycles. The van der Waals surface area contributed by atoms with Gasteiger partial charge >= 0.3 is 6.03 Å². The molecule has 0 radical (unpaired) electrons. The quantitative estimate of drug-likeness (QED) is 0.532. The van der Waals surface area contributed by atoms with Crippen LogP contribution in [0.25, 0.3) is 0 Å². The summed E-state index contributed by atoms with van der Waals surface area (Å²) in [7, 11) is 3.08. The van der Waals surface area contributed by atoms with E-state index in [0.717, 1.165) is 5.56 Å². The highest BCUT2D eigenvalue weighted by atomic mass is 19.1. The van der Waals surface area contributed by atoms with Crippen molar-refractivity contribution in [3.05, 3.63) is 53.8 Å². The average Bonchev–Trinajstić information content (AvgIpc) is 2.84. The molecular formula is C25H31FN4O5. The van der Waals surface area contributed by atoms with E-state index in [1.807, 2.05) is 0 Å². The molecule has 10 heteroatoms. The number of likely N-dealkylation sites (tertiary alicyclic amines) is 1. The van der Waals surface area contributed by atoms with Crippen LogP contribution in [0.4, 0.5) is 14.9 Å². The molecule has 35 heavy (non-hydrogen) atoms. The topological polar surface area (TPSA) is 109 Å². The summed E-state index contributed by atoms with van der Waals surface area (Å²) in [6, 6.07) is 9.96. The Morgan fingerprint density at radius 2 is 1.69 bits per heavy atom. The zero-order valence-corrected chi connectivity index (χ0v) is 20.1. The van der Waals surface area contributed by atoms with Gasteiger partial charge in [0.2, 0.25) is 11.8 Å². The fourth-order valence-corrected chi connectivity index (χ4v) is 3.96. The van der Waals surface area contributed by atoms with E-state index in [4.69, 9.17) is 9.47 Å². The number of benzene rings is 2. The molecule has 0 saturated carbocycles. The van der Waals surface area contributed by atoms with Crippen LogP contribution in [0.5, 0.6) is 11.5 Å². The number of methoxy groups -OCH3 is 2. The number of urea groups is 1. The van der Waals surface area contributed by atoms with Crippen molar-refractivity contribution in [3.63, 3.8) is 0 Å². The molecule has 2 aromatic carbocycles. The van der Waals surface area contributed by atoms with Crippen LogP contribution >= 0.6 is 0 Å². The van der Waals surface area contributed by atoms with Gasteiger partial charge in [0, 0.05) is 38.5 Å². The van der Waals surface area contributed by atoms with E-state index >= 15 is 0 Å². The van der Waals surface area contributed by atoms with Crippen LogP contribution in [0, 0.1) is 5.82 Å². The number of nitrogens with one attached hydrogen (secondary N) is 3. The molecule has 4 amide bonds. The van der Waals surface area contributed by atoms with Gasteiger partial charge < -0.3 is 30.3 Å². The highest BCUT2D eigenvalue weighted by Gasteiger charge is 2.27. The number of amides is 4. The number of carbonyl (C=O) groups excluding carboxylic acids is 3. The first-order valence-corrected chi connectivity index (χ1v) is 11.4. The molecule has 3 rings (SSSR count). The number of hydrogen-bond donors (Lipinski definition) is 3. The van der Waals surface area contributed by atoms with Crippen molar-refractivity contribution >= 4 is 23.5 Å². The van der Waals surface area contributed by atoms with Crippen molar-refractivity contribution in [1.29, 1.82) is 0 Å². The van der Waals surface area contributed by atoms with Crippen molar-refractivity contribution in [2.24, 2.45) is 0 Å². The van der Waals surface area contributed by atoms with E-state index in [1.165, 1.54) is 19.1 Å². The highest BCUT2D eigenvalue weighted by Crippen LogP contribution is 2.23. The zero-order valence-electron chi connectivity index (χ0n) is 20.1. The van der Waals surface area contributed by atoms with Crippen molar-refractivity contribution in [2.75, 3.05) is 32.6 Å². The van der Waals surface area contributed by atoms with E-state index in [-0.39, 0.29) is 36.0 Å². The van der Waals surface area contributed by atoms with E-state index in [1.54, 1.807) is 49.5 Å². The summed E-state index contributed by atoms with van der Waals surface area (Å²) >= 11 is 0. The van der Waals surface area contributed by atoms with Gasteiger partial charge in [0.05, 0.1) is 19.9 Å². The fraction of sp³-hybridized carbons (Fsp3) is 0.400. The summed E-state index contributed by atoms with van der Waals surface area (Å²) in [6.07, 6.45) is 1.33. The Balaban J connectivity index is 1.57. The molecular weight excluding hydrogens is 455 g/mol. The van der Waals surface area contributed by atoms with Crippen LogP contribution in [-0.4, -0.2) is 62.1 Å². The maximum Gasteiger partial charge on any atom is 0.321 e. The molecule has 9 nitrogen and oxygen atoms in total. The molecule has 1 atom stereocenters. The van der Waals surface area contributed by atoms with E-state index < -0.39 is 11.9 Å². The fourth-order valence-electron chi connectivity index (χ4n) is 3.96. The lowest BCUT2D eigenvalue weighted by Gasteiger charge is -2.33. The number of anilines is 1. The first kappa shape index (κ1) is 25.8. The number of hydrogen-bond acceptors (Lipinski definition) is 5. The minimum absolute atomic E-state index is 0.125. The standard InChI is InChI=1S/C25H31FN4O5/c1-16(31)27-23(14-17-12-19(34-2)15-20(13-17)35-3)24(32)28-18-8-10-30(11-9-18)25(33)29-22-7-5-4-6-21(22)26/h4-7,12-13,15,18,23H,8-11,14H2,1-3H3,(H,27,31)(H,28,32)(H,29,33)/t23-/m1/s1. The third-order valence-corrected chi connectivity index (χ3v) is 5.79. The smallest absolute Gasteiger partial charge is 0.321 e. The maximum absolute atomic E-state index is 13.8. The molecule has 0 bridgehead atoms. The summed E-state index contributed by atoms with van der Waals surface area (Å²) < 4.78 is 24.4. The zero-order chi connectivity index (χ0) is 25.4. The summed E-state index contributed by atoms with van der Waals surface area (Å²) in [4.78, 5) is 38.9. The summed E-state index contributed by atoms with van der Waals surface area (Å²) in [5.41, 5.74) is 0.898. The van der Waals surface area contributed by atoms with Crippen LogP contribution in [0.1, 0.15) is 25.3 Å². The molecule has 1 aliphatic rings. The van der Waals surface area contributed by atoms with Gasteiger partial charge in [-0.1, -0.05) is 12.1 Å². The molecule has 0 aliphatic carbocycles. The molecule has 0 aromatic heterocycles. The monoisotopic (exact) mass is 486 g/mol. The Morgan fingerprint density at radius 3 is 2.26 bits per heavy atom. The van der Waals surface area contributed by atoms with Crippen molar-refractivity contribution in [1.82, 2.24) is 15.5 Å². The highest BCUT2D eigenvalue weighted by molar-refractivity contribution is 5.89. The van der Waals surface area contributed by atoms with E-state index in [9.17, 15) is 18.8 Å². The molecule has 0 spiro atoms. The normalized spacial score (nSPS) is 14.6. The Morgan fingerprint density at radius 1 is 1.06 bits per heavy atom. The third-order valence-electron chi connectivity index (χ3n) is 5.79. The summed E-state index contributed by atoms with van der Waals surface area (Å²) in [6.45, 7) is 2.17.